The highest BCUT2D eigenvalue weighted by molar-refractivity contribution is 7.99. The number of halogens is 3. The van der Waals surface area contributed by atoms with E-state index in [1.807, 2.05) is 12.1 Å². The van der Waals surface area contributed by atoms with E-state index in [4.69, 9.17) is 24.1 Å². The molecule has 0 atom stereocenters. The Hall–Kier alpha value is -3.55. The van der Waals surface area contributed by atoms with E-state index in [1.54, 1.807) is 32.5 Å². The molecule has 1 heterocycles. The van der Waals surface area contributed by atoms with Crippen molar-refractivity contribution in [1.82, 2.24) is 0 Å². The van der Waals surface area contributed by atoms with Gasteiger partial charge in [-0.1, -0.05) is 48.2 Å². The second-order valence-corrected chi connectivity index (χ2v) is 12.3. The summed E-state index contributed by atoms with van der Waals surface area (Å²) < 4.78 is 85.9. The second-order valence-electron chi connectivity index (χ2n) is 9.61. The number of hydrogen-bond acceptors (Lipinski definition) is 9. The lowest BCUT2D eigenvalue weighted by Gasteiger charge is -2.19. The van der Waals surface area contributed by atoms with Gasteiger partial charge in [-0.25, -0.2) is 0 Å². The van der Waals surface area contributed by atoms with Gasteiger partial charge in [0.25, 0.3) is 0 Å². The summed E-state index contributed by atoms with van der Waals surface area (Å²) in [5, 5.41) is 8.52. The normalized spacial score (nSPS) is 12.8. The van der Waals surface area contributed by atoms with E-state index in [0.717, 1.165) is 0 Å². The Morgan fingerprint density at radius 3 is 1.74 bits per heavy atom. The predicted molar refractivity (Wildman–Crippen MR) is 159 cm³/mol. The van der Waals surface area contributed by atoms with Gasteiger partial charge in [-0.3, -0.25) is 0 Å². The Morgan fingerprint density at radius 1 is 0.837 bits per heavy atom. The van der Waals surface area contributed by atoms with E-state index in [9.17, 15) is 21.6 Å². The van der Waals surface area contributed by atoms with Crippen molar-refractivity contribution >= 4 is 27.6 Å². The van der Waals surface area contributed by atoms with Crippen LogP contribution in [0.5, 0.6) is 23.0 Å². The lowest BCUT2D eigenvalue weighted by atomic mass is 10.1. The first-order valence-electron chi connectivity index (χ1n) is 12.8. The SMILES string of the molecule is CC(C)(C)O.COc1cc2c(c(OC)c1OC)OCCC=C2OS(=O)(=O)C(F)(F)F.c1ccc(Sc2ccccc2)cc1. The molecule has 0 amide bonds. The predicted octanol–water partition coefficient (Wildman–Crippen LogP) is 7.32. The number of aliphatic hydroxyl groups is 1. The first-order valence-corrected chi connectivity index (χ1v) is 15.0. The molecule has 0 radical (unpaired) electrons. The molecule has 0 spiro atoms. The molecule has 43 heavy (non-hydrogen) atoms. The number of alkyl halides is 3. The molecule has 236 valence electrons. The average molecular weight is 645 g/mol. The molecule has 0 unspecified atom stereocenters. The first kappa shape index (κ1) is 35.6. The van der Waals surface area contributed by atoms with E-state index in [1.165, 1.54) is 43.3 Å². The Balaban J connectivity index is 0.000000296. The molecule has 0 saturated carbocycles. The van der Waals surface area contributed by atoms with Crippen LogP contribution in [0.3, 0.4) is 0 Å². The molecule has 0 aliphatic carbocycles. The summed E-state index contributed by atoms with van der Waals surface area (Å²) in [6, 6.07) is 22.1. The number of methoxy groups -OCH3 is 3. The highest BCUT2D eigenvalue weighted by atomic mass is 32.2. The van der Waals surface area contributed by atoms with E-state index >= 15 is 0 Å². The summed E-state index contributed by atoms with van der Waals surface area (Å²) in [7, 11) is -1.91. The molecule has 8 nitrogen and oxygen atoms in total. The van der Waals surface area contributed by atoms with Gasteiger partial charge in [0.2, 0.25) is 11.5 Å². The van der Waals surface area contributed by atoms with Crippen molar-refractivity contribution < 1.29 is 49.8 Å². The summed E-state index contributed by atoms with van der Waals surface area (Å²) >= 11 is 1.79. The number of benzene rings is 3. The fraction of sp³-hybridized carbons (Fsp3) is 0.333. The maximum atomic E-state index is 12.6. The second kappa shape index (κ2) is 15.8. The van der Waals surface area contributed by atoms with Crippen molar-refractivity contribution in [1.29, 1.82) is 0 Å². The molecule has 4 rings (SSSR count). The van der Waals surface area contributed by atoms with Crippen molar-refractivity contribution in [3.63, 3.8) is 0 Å². The van der Waals surface area contributed by atoms with Crippen molar-refractivity contribution in [3.8, 4) is 23.0 Å². The number of fused-ring (bicyclic) bond motifs is 1. The van der Waals surface area contributed by atoms with Crippen molar-refractivity contribution in [2.24, 2.45) is 0 Å². The van der Waals surface area contributed by atoms with Crippen molar-refractivity contribution in [2.75, 3.05) is 27.9 Å². The van der Waals surface area contributed by atoms with Crippen molar-refractivity contribution in [3.05, 3.63) is 78.4 Å². The maximum Gasteiger partial charge on any atom is 0.534 e. The fourth-order valence-corrected chi connectivity index (χ4v) is 4.62. The van der Waals surface area contributed by atoms with Crippen LogP contribution in [0.25, 0.3) is 5.76 Å². The Bertz CT molecular complexity index is 1390. The molecule has 13 heteroatoms. The monoisotopic (exact) mass is 644 g/mol. The minimum Gasteiger partial charge on any atom is -0.493 e. The topological polar surface area (TPSA) is 101 Å². The zero-order chi connectivity index (χ0) is 32.3. The zero-order valence-electron chi connectivity index (χ0n) is 24.6. The third kappa shape index (κ3) is 11.2. The molecular weight excluding hydrogens is 609 g/mol. The van der Waals surface area contributed by atoms with Gasteiger partial charge in [-0.05, 0) is 57.2 Å². The van der Waals surface area contributed by atoms with Crippen LogP contribution in [0.2, 0.25) is 0 Å². The smallest absolute Gasteiger partial charge is 0.493 e. The van der Waals surface area contributed by atoms with E-state index in [-0.39, 0.29) is 41.6 Å². The number of hydrogen-bond donors (Lipinski definition) is 1. The van der Waals surface area contributed by atoms with Crippen molar-refractivity contribution in [2.45, 2.75) is 48.1 Å². The Kier molecular flexibility index (Phi) is 13.1. The van der Waals surface area contributed by atoms with Gasteiger partial charge in [-0.2, -0.15) is 21.6 Å². The minimum atomic E-state index is -5.85. The van der Waals surface area contributed by atoms with Gasteiger partial charge >= 0.3 is 15.6 Å². The Morgan fingerprint density at radius 2 is 1.33 bits per heavy atom. The lowest BCUT2D eigenvalue weighted by molar-refractivity contribution is -0.0509. The first-order chi connectivity index (χ1) is 20.1. The summed E-state index contributed by atoms with van der Waals surface area (Å²) in [5.74, 6) is -0.269. The summed E-state index contributed by atoms with van der Waals surface area (Å²) in [4.78, 5) is 2.57. The maximum absolute atomic E-state index is 12.6. The minimum absolute atomic E-state index is 0.0127. The molecular formula is C30H35F3O8S2. The molecule has 1 aliphatic heterocycles. The van der Waals surface area contributed by atoms with Gasteiger partial charge < -0.3 is 28.2 Å². The van der Waals surface area contributed by atoms with Gasteiger partial charge in [-0.15, -0.1) is 0 Å². The van der Waals surface area contributed by atoms with Crippen LogP contribution in [-0.2, 0) is 14.3 Å². The third-order valence-electron chi connectivity index (χ3n) is 4.95. The molecule has 3 aromatic rings. The van der Waals surface area contributed by atoms with Gasteiger partial charge in [0.05, 0.1) is 39.1 Å². The molecule has 0 fully saturated rings. The summed E-state index contributed by atoms with van der Waals surface area (Å²) in [6.45, 7) is 5.30. The van der Waals surface area contributed by atoms with E-state index in [0.29, 0.717) is 0 Å². The fourth-order valence-electron chi connectivity index (χ4n) is 3.27. The summed E-state index contributed by atoms with van der Waals surface area (Å²) in [5.41, 5.74) is -6.14. The average Bonchev–Trinajstić information content (AvgIpc) is 3.13. The summed E-state index contributed by atoms with van der Waals surface area (Å²) in [6.07, 6.45) is 1.30. The number of rotatable bonds is 7. The van der Waals surface area contributed by atoms with Crippen LogP contribution in [0.15, 0.2) is 82.6 Å². The molecule has 3 aromatic carbocycles. The van der Waals surface area contributed by atoms with Crippen LogP contribution in [0.1, 0.15) is 32.8 Å². The van der Waals surface area contributed by atoms with Crippen LogP contribution < -0.4 is 18.9 Å². The van der Waals surface area contributed by atoms with Crippen LogP contribution in [0.4, 0.5) is 13.2 Å². The van der Waals surface area contributed by atoms with Crippen LogP contribution in [-0.4, -0.2) is 52.6 Å². The highest BCUT2D eigenvalue weighted by Crippen LogP contribution is 2.50. The molecule has 0 bridgehead atoms. The van der Waals surface area contributed by atoms with E-state index in [2.05, 4.69) is 52.7 Å². The van der Waals surface area contributed by atoms with Crippen LogP contribution >= 0.6 is 11.8 Å². The molecule has 1 N–H and O–H groups in total. The van der Waals surface area contributed by atoms with Gasteiger partial charge in [0.1, 0.15) is 5.76 Å². The third-order valence-corrected chi connectivity index (χ3v) is 6.93. The highest BCUT2D eigenvalue weighted by Gasteiger charge is 2.49. The molecule has 1 aliphatic rings. The zero-order valence-corrected chi connectivity index (χ0v) is 26.2. The molecule has 0 aromatic heterocycles. The lowest BCUT2D eigenvalue weighted by Crippen LogP contribution is -2.25. The van der Waals surface area contributed by atoms with Gasteiger partial charge in [0, 0.05) is 16.2 Å². The van der Waals surface area contributed by atoms with Crippen LogP contribution in [0, 0.1) is 0 Å². The number of ether oxygens (including phenoxy) is 4. The molecule has 0 saturated heterocycles. The van der Waals surface area contributed by atoms with Gasteiger partial charge in [0.15, 0.2) is 11.5 Å². The standard InChI is InChI=1S/C14H15F3O7S.C12H10S.C4H10O/c1-20-10-7-8-9(24-25(18,19)14(15,16)17)5-4-6-23-11(8)13(22-3)12(10)21-2;1-3-7-11(8-4-1)13-12-9-5-2-6-10-12;1-4(2,3)5/h5,7H,4,6H2,1-3H3;1-10H;5H,1-3H3. The van der Waals surface area contributed by atoms with E-state index < -0.39 is 27.0 Å². The Labute approximate surface area is 254 Å². The quantitative estimate of drug-likeness (QED) is 0.210. The largest absolute Gasteiger partial charge is 0.534 e.